The second kappa shape index (κ2) is 4.26. The van der Waals surface area contributed by atoms with Crippen molar-refractivity contribution in [2.24, 2.45) is 0 Å². The Morgan fingerprint density at radius 3 is 2.75 bits per heavy atom. The first-order chi connectivity index (χ1) is 9.56. The molecule has 102 valence electrons. The van der Waals surface area contributed by atoms with E-state index in [-0.39, 0.29) is 16.8 Å². The van der Waals surface area contributed by atoms with E-state index in [0.29, 0.717) is 11.2 Å². The molecule has 3 aromatic rings. The fourth-order valence-corrected chi connectivity index (χ4v) is 1.93. The predicted octanol–water partition coefficient (Wildman–Crippen LogP) is 0.698. The Balaban J connectivity index is 2.05. The van der Waals surface area contributed by atoms with Crippen molar-refractivity contribution in [1.29, 1.82) is 0 Å². The summed E-state index contributed by atoms with van der Waals surface area (Å²) in [5.74, 6) is -1.18. The summed E-state index contributed by atoms with van der Waals surface area (Å²) in [5, 5.41) is 7.45. The summed E-state index contributed by atoms with van der Waals surface area (Å²) in [7, 11) is 0. The normalized spacial score (nSPS) is 10.8. The van der Waals surface area contributed by atoms with Gasteiger partial charge >= 0.3 is 5.76 Å². The average Bonchev–Trinajstić information content (AvgIpc) is 2.94. The lowest BCUT2D eigenvalue weighted by molar-refractivity contribution is 0.102. The second-order valence-corrected chi connectivity index (χ2v) is 4.23. The van der Waals surface area contributed by atoms with Crippen molar-refractivity contribution in [2.75, 3.05) is 5.32 Å². The molecule has 0 fully saturated rings. The molecule has 2 heterocycles. The molecule has 0 atom stereocenters. The molecule has 0 aliphatic heterocycles. The number of oxazole rings is 1. The number of carbonyl (C=O) groups is 1. The van der Waals surface area contributed by atoms with Crippen molar-refractivity contribution in [1.82, 2.24) is 15.2 Å². The van der Waals surface area contributed by atoms with Crippen LogP contribution in [0.15, 0.2) is 32.2 Å². The smallest absolute Gasteiger partial charge is 0.407 e. The van der Waals surface area contributed by atoms with Crippen LogP contribution in [0.1, 0.15) is 16.1 Å². The zero-order chi connectivity index (χ0) is 14.3. The lowest BCUT2D eigenvalue weighted by atomic mass is 10.2. The largest absolute Gasteiger partial charge is 0.417 e. The molecule has 20 heavy (non-hydrogen) atoms. The van der Waals surface area contributed by atoms with Crippen LogP contribution in [0.5, 0.6) is 0 Å². The van der Waals surface area contributed by atoms with Gasteiger partial charge in [-0.2, -0.15) is 0 Å². The number of anilines is 1. The average molecular weight is 274 g/mol. The molecule has 4 N–H and O–H groups in total. The molecule has 0 saturated carbocycles. The topological polar surface area (TPSA) is 124 Å². The van der Waals surface area contributed by atoms with Gasteiger partial charge in [0.15, 0.2) is 5.58 Å². The Morgan fingerprint density at radius 1 is 1.25 bits per heavy atom. The zero-order valence-corrected chi connectivity index (χ0v) is 10.4. The predicted molar refractivity (Wildman–Crippen MR) is 70.9 cm³/mol. The molecule has 0 saturated heterocycles. The van der Waals surface area contributed by atoms with Gasteiger partial charge in [-0.15, -0.1) is 0 Å². The molecule has 2 aromatic heterocycles. The van der Waals surface area contributed by atoms with Crippen LogP contribution in [-0.2, 0) is 0 Å². The summed E-state index contributed by atoms with van der Waals surface area (Å²) in [4.78, 5) is 37.3. The van der Waals surface area contributed by atoms with E-state index in [4.69, 9.17) is 4.42 Å². The minimum atomic E-state index is -0.643. The van der Waals surface area contributed by atoms with Crippen LogP contribution in [0.25, 0.3) is 11.1 Å². The number of carbonyl (C=O) groups excluding carboxylic acids is 1. The number of aromatic nitrogens is 3. The van der Waals surface area contributed by atoms with Crippen LogP contribution in [0.3, 0.4) is 0 Å². The monoisotopic (exact) mass is 274 g/mol. The van der Waals surface area contributed by atoms with Crippen LogP contribution < -0.4 is 16.6 Å². The first kappa shape index (κ1) is 12.0. The lowest BCUT2D eigenvalue weighted by Crippen LogP contribution is -2.17. The number of fused-ring (bicyclic) bond motifs is 1. The standard InChI is InChI=1S/C12H10N4O4/c1-5-8(11(18)16-15-5)14-10(17)6-3-2-4-7-9(6)20-12(19)13-7/h2-4H,1H3,(H,13,19)(H,14,17)(H2,15,16,18). The molecule has 1 aromatic carbocycles. The van der Waals surface area contributed by atoms with Gasteiger partial charge in [0.2, 0.25) is 0 Å². The third-order valence-corrected chi connectivity index (χ3v) is 2.90. The highest BCUT2D eigenvalue weighted by atomic mass is 16.4. The van der Waals surface area contributed by atoms with Gasteiger partial charge in [-0.25, -0.2) is 4.79 Å². The fourth-order valence-electron chi connectivity index (χ4n) is 1.93. The van der Waals surface area contributed by atoms with Gasteiger partial charge in [0.25, 0.3) is 11.5 Å². The Bertz CT molecular complexity index is 911. The number of hydrogen-bond acceptors (Lipinski definition) is 4. The molecule has 0 spiro atoms. The van der Waals surface area contributed by atoms with E-state index in [2.05, 4.69) is 20.5 Å². The van der Waals surface area contributed by atoms with Crippen LogP contribution in [0.2, 0.25) is 0 Å². The Morgan fingerprint density at radius 2 is 2.05 bits per heavy atom. The maximum Gasteiger partial charge on any atom is 0.417 e. The van der Waals surface area contributed by atoms with Gasteiger partial charge < -0.3 is 14.8 Å². The third kappa shape index (κ3) is 1.83. The Kier molecular flexibility index (Phi) is 2.56. The molecule has 0 radical (unpaired) electrons. The van der Waals surface area contributed by atoms with Gasteiger partial charge in [0.1, 0.15) is 5.69 Å². The second-order valence-electron chi connectivity index (χ2n) is 4.23. The third-order valence-electron chi connectivity index (χ3n) is 2.90. The highest BCUT2D eigenvalue weighted by molar-refractivity contribution is 6.11. The van der Waals surface area contributed by atoms with Gasteiger partial charge in [-0.05, 0) is 19.1 Å². The van der Waals surface area contributed by atoms with Crippen molar-refractivity contribution in [2.45, 2.75) is 6.92 Å². The minimum absolute atomic E-state index is 0.130. The lowest BCUT2D eigenvalue weighted by Gasteiger charge is -2.03. The summed E-state index contributed by atoms with van der Waals surface area (Å²) in [6.07, 6.45) is 0. The van der Waals surface area contributed by atoms with Gasteiger partial charge in [0, 0.05) is 0 Å². The first-order valence-electron chi connectivity index (χ1n) is 5.76. The number of H-pyrrole nitrogens is 3. The van der Waals surface area contributed by atoms with Crippen molar-refractivity contribution >= 4 is 22.7 Å². The van der Waals surface area contributed by atoms with E-state index in [9.17, 15) is 14.4 Å². The van der Waals surface area contributed by atoms with E-state index in [1.54, 1.807) is 19.1 Å². The molecule has 0 aliphatic rings. The molecular formula is C12H10N4O4. The van der Waals surface area contributed by atoms with Crippen LogP contribution >= 0.6 is 0 Å². The molecule has 0 bridgehead atoms. The molecular weight excluding hydrogens is 264 g/mol. The summed E-state index contributed by atoms with van der Waals surface area (Å²) in [6.45, 7) is 1.64. The van der Waals surface area contributed by atoms with Crippen molar-refractivity contribution in [3.63, 3.8) is 0 Å². The molecule has 8 heteroatoms. The molecule has 3 rings (SSSR count). The fraction of sp³-hybridized carbons (Fsp3) is 0.0833. The number of para-hydroxylation sites is 1. The van der Waals surface area contributed by atoms with Crippen molar-refractivity contribution < 1.29 is 9.21 Å². The summed E-state index contributed by atoms with van der Waals surface area (Å²) >= 11 is 0. The number of rotatable bonds is 2. The van der Waals surface area contributed by atoms with Crippen LogP contribution in [0, 0.1) is 6.92 Å². The Hall–Kier alpha value is -3.03. The summed E-state index contributed by atoms with van der Waals surface area (Å²) in [6, 6.07) is 4.73. The van der Waals surface area contributed by atoms with Gasteiger partial charge in [-0.3, -0.25) is 19.7 Å². The quantitative estimate of drug-likeness (QED) is 0.549. The number of nitrogens with one attached hydrogen (secondary N) is 4. The van der Waals surface area contributed by atoms with Gasteiger partial charge in [-0.1, -0.05) is 6.07 Å². The van der Waals surface area contributed by atoms with E-state index in [1.807, 2.05) is 0 Å². The van der Waals surface area contributed by atoms with E-state index >= 15 is 0 Å². The van der Waals surface area contributed by atoms with Crippen LogP contribution in [0.4, 0.5) is 5.69 Å². The summed E-state index contributed by atoms with van der Waals surface area (Å²) < 4.78 is 4.93. The van der Waals surface area contributed by atoms with Crippen molar-refractivity contribution in [3.05, 3.63) is 50.4 Å². The number of aromatic amines is 3. The number of aryl methyl sites for hydroxylation is 1. The SMILES string of the molecule is Cc1[nH][nH]c(=O)c1NC(=O)c1cccc2[nH]c(=O)oc12. The molecule has 0 aliphatic carbocycles. The van der Waals surface area contributed by atoms with E-state index in [1.165, 1.54) is 6.07 Å². The first-order valence-corrected chi connectivity index (χ1v) is 5.76. The van der Waals surface area contributed by atoms with Crippen molar-refractivity contribution in [3.8, 4) is 0 Å². The van der Waals surface area contributed by atoms with E-state index < -0.39 is 17.2 Å². The van der Waals surface area contributed by atoms with Crippen LogP contribution in [-0.4, -0.2) is 21.1 Å². The highest BCUT2D eigenvalue weighted by Gasteiger charge is 2.16. The zero-order valence-electron chi connectivity index (χ0n) is 10.4. The molecule has 1 amide bonds. The number of benzene rings is 1. The van der Waals surface area contributed by atoms with Gasteiger partial charge in [0.05, 0.1) is 16.8 Å². The highest BCUT2D eigenvalue weighted by Crippen LogP contribution is 2.17. The Labute approximate surface area is 110 Å². The molecule has 8 nitrogen and oxygen atoms in total. The number of hydrogen-bond donors (Lipinski definition) is 4. The number of amides is 1. The summed E-state index contributed by atoms with van der Waals surface area (Å²) in [5.41, 5.74) is 0.942. The maximum absolute atomic E-state index is 12.2. The minimum Gasteiger partial charge on any atom is -0.407 e. The van der Waals surface area contributed by atoms with E-state index in [0.717, 1.165) is 0 Å². The molecule has 0 unspecified atom stereocenters. The maximum atomic E-state index is 12.2.